The van der Waals surface area contributed by atoms with E-state index in [1.54, 1.807) is 14.2 Å². The number of hydrogen-bond acceptors (Lipinski definition) is 5. The second-order valence-corrected chi connectivity index (χ2v) is 7.59. The normalized spacial score (nSPS) is 11.7. The van der Waals surface area contributed by atoms with E-state index >= 15 is 0 Å². The van der Waals surface area contributed by atoms with Gasteiger partial charge in [-0.05, 0) is 44.4 Å². The van der Waals surface area contributed by atoms with Gasteiger partial charge in [-0.15, -0.1) is 24.0 Å². The van der Waals surface area contributed by atoms with Gasteiger partial charge in [-0.1, -0.05) is 0 Å². The van der Waals surface area contributed by atoms with E-state index in [2.05, 4.69) is 50.9 Å². The van der Waals surface area contributed by atoms with Gasteiger partial charge in [-0.2, -0.15) is 16.9 Å². The molecule has 0 bridgehead atoms. The Hall–Kier alpha value is -1.49. The number of aromatic amines is 1. The largest absolute Gasteiger partial charge is 0.497 e. The molecule has 9 heteroatoms. The molecule has 0 radical (unpaired) electrons. The number of aromatic nitrogens is 3. The summed E-state index contributed by atoms with van der Waals surface area (Å²) < 4.78 is 5.31. The van der Waals surface area contributed by atoms with Crippen molar-refractivity contribution in [3.63, 3.8) is 0 Å². The van der Waals surface area contributed by atoms with Crippen LogP contribution in [0.2, 0.25) is 0 Å². The topological polar surface area (TPSA) is 87.2 Å². The number of H-pyrrole nitrogens is 1. The molecule has 2 aromatic rings. The van der Waals surface area contributed by atoms with Gasteiger partial charge in [0, 0.05) is 23.9 Å². The number of nitrogens with zero attached hydrogens (tertiary/aromatic N) is 3. The van der Waals surface area contributed by atoms with Crippen LogP contribution in [0.5, 0.6) is 5.75 Å². The van der Waals surface area contributed by atoms with E-state index in [0.717, 1.165) is 29.6 Å². The average Bonchev–Trinajstić information content (AvgIpc) is 3.11. The fourth-order valence-corrected chi connectivity index (χ4v) is 2.22. The number of rotatable bonds is 7. The molecule has 0 aliphatic rings. The van der Waals surface area contributed by atoms with Crippen molar-refractivity contribution in [2.24, 2.45) is 4.99 Å². The lowest BCUT2D eigenvalue weighted by Gasteiger charge is -2.23. The Labute approximate surface area is 176 Å². The minimum atomic E-state index is 0. The number of aliphatic imine (C=N–C) groups is 1. The summed E-state index contributed by atoms with van der Waals surface area (Å²) in [6.07, 6.45) is 2.10. The quantitative estimate of drug-likeness (QED) is 0.315. The van der Waals surface area contributed by atoms with Crippen LogP contribution >= 0.6 is 35.7 Å². The molecule has 144 valence electrons. The molecule has 1 heterocycles. The first-order valence-corrected chi connectivity index (χ1v) is 9.25. The van der Waals surface area contributed by atoms with Gasteiger partial charge in [-0.25, -0.2) is 4.98 Å². The minimum absolute atomic E-state index is 0. The monoisotopic (exact) mass is 490 g/mol. The van der Waals surface area contributed by atoms with Gasteiger partial charge >= 0.3 is 0 Å². The van der Waals surface area contributed by atoms with Crippen LogP contribution in [0.15, 0.2) is 29.3 Å². The zero-order valence-electron chi connectivity index (χ0n) is 15.8. The van der Waals surface area contributed by atoms with Crippen LogP contribution in [-0.2, 0) is 6.54 Å². The summed E-state index contributed by atoms with van der Waals surface area (Å²) in [7, 11) is 3.40. The van der Waals surface area contributed by atoms with Crippen LogP contribution < -0.4 is 15.4 Å². The molecular formula is C17H27IN6OS. The molecule has 0 aliphatic heterocycles. The van der Waals surface area contributed by atoms with Crippen LogP contribution in [0.25, 0.3) is 11.4 Å². The summed E-state index contributed by atoms with van der Waals surface area (Å²) in [6, 6.07) is 7.65. The molecule has 0 aliphatic carbocycles. The molecule has 1 aromatic heterocycles. The molecule has 3 N–H and O–H groups in total. The molecule has 1 aromatic carbocycles. The molecule has 2 rings (SSSR count). The minimum Gasteiger partial charge on any atom is -0.497 e. The van der Waals surface area contributed by atoms with Crippen molar-refractivity contribution in [3.05, 3.63) is 30.1 Å². The molecule has 0 amide bonds. The summed E-state index contributed by atoms with van der Waals surface area (Å²) in [5.41, 5.74) is 0.938. The highest BCUT2D eigenvalue weighted by Crippen LogP contribution is 2.20. The van der Waals surface area contributed by atoms with Gasteiger partial charge in [0.05, 0.1) is 13.7 Å². The summed E-state index contributed by atoms with van der Waals surface area (Å²) >= 11 is 1.81. The maximum absolute atomic E-state index is 5.16. The van der Waals surface area contributed by atoms with Crippen LogP contribution in [0.3, 0.4) is 0 Å². The van der Waals surface area contributed by atoms with Crippen molar-refractivity contribution in [1.29, 1.82) is 0 Å². The predicted octanol–water partition coefficient (Wildman–Crippen LogP) is 2.90. The molecule has 0 unspecified atom stereocenters. The fraction of sp³-hybridized carbons (Fsp3) is 0.471. The van der Waals surface area contributed by atoms with E-state index in [4.69, 9.17) is 4.74 Å². The summed E-state index contributed by atoms with van der Waals surface area (Å²) in [4.78, 5) is 8.74. The average molecular weight is 490 g/mol. The zero-order chi connectivity index (χ0) is 18.3. The van der Waals surface area contributed by atoms with E-state index in [1.165, 1.54) is 0 Å². The highest BCUT2D eigenvalue weighted by atomic mass is 127. The predicted molar refractivity (Wildman–Crippen MR) is 120 cm³/mol. The number of methoxy groups -OCH3 is 1. The summed E-state index contributed by atoms with van der Waals surface area (Å²) in [6.45, 7) is 5.72. The third kappa shape index (κ3) is 6.67. The van der Waals surface area contributed by atoms with Crippen molar-refractivity contribution in [2.45, 2.75) is 25.1 Å². The Morgan fingerprint density at radius 3 is 2.54 bits per heavy atom. The van der Waals surface area contributed by atoms with Crippen molar-refractivity contribution < 1.29 is 4.74 Å². The van der Waals surface area contributed by atoms with Crippen LogP contribution in [0.1, 0.15) is 19.7 Å². The Balaban J connectivity index is 0.00000338. The smallest absolute Gasteiger partial charge is 0.191 e. The van der Waals surface area contributed by atoms with E-state index in [-0.39, 0.29) is 28.7 Å². The first kappa shape index (κ1) is 22.6. The third-order valence-electron chi connectivity index (χ3n) is 3.76. The van der Waals surface area contributed by atoms with Crippen molar-refractivity contribution in [3.8, 4) is 17.1 Å². The van der Waals surface area contributed by atoms with Gasteiger partial charge in [-0.3, -0.25) is 10.1 Å². The third-order valence-corrected chi connectivity index (χ3v) is 5.01. The van der Waals surface area contributed by atoms with Gasteiger partial charge in [0.25, 0.3) is 0 Å². The SMILES string of the molecule is CN=C(NCc1nc(-c2ccc(OC)cc2)n[nH]1)NCC(C)(C)SC.I. The maximum Gasteiger partial charge on any atom is 0.191 e. The number of ether oxygens (including phenoxy) is 1. The summed E-state index contributed by atoms with van der Waals surface area (Å²) in [5, 5.41) is 13.8. The van der Waals surface area contributed by atoms with Crippen molar-refractivity contribution >= 4 is 41.7 Å². The van der Waals surface area contributed by atoms with Gasteiger partial charge in [0.2, 0.25) is 0 Å². The van der Waals surface area contributed by atoms with Crippen LogP contribution in [0, 0.1) is 0 Å². The van der Waals surface area contributed by atoms with Crippen LogP contribution in [0.4, 0.5) is 0 Å². The number of nitrogens with one attached hydrogen (secondary N) is 3. The number of benzene rings is 1. The lowest BCUT2D eigenvalue weighted by atomic mass is 10.2. The van der Waals surface area contributed by atoms with E-state index in [0.29, 0.717) is 12.4 Å². The highest BCUT2D eigenvalue weighted by molar-refractivity contribution is 14.0. The molecular weight excluding hydrogens is 463 g/mol. The second-order valence-electron chi connectivity index (χ2n) is 6.08. The molecule has 7 nitrogen and oxygen atoms in total. The first-order chi connectivity index (χ1) is 12.0. The Bertz CT molecular complexity index is 702. The number of halogens is 1. The Morgan fingerprint density at radius 1 is 1.27 bits per heavy atom. The fourth-order valence-electron chi connectivity index (χ4n) is 2.00. The number of hydrogen-bond donors (Lipinski definition) is 3. The molecule has 0 atom stereocenters. The van der Waals surface area contributed by atoms with Gasteiger partial charge < -0.3 is 15.4 Å². The maximum atomic E-state index is 5.16. The molecule has 26 heavy (non-hydrogen) atoms. The van der Waals surface area contributed by atoms with Crippen molar-refractivity contribution in [1.82, 2.24) is 25.8 Å². The first-order valence-electron chi connectivity index (χ1n) is 8.03. The molecule has 0 saturated carbocycles. The summed E-state index contributed by atoms with van der Waals surface area (Å²) in [5.74, 6) is 2.96. The number of guanidine groups is 1. The Kier molecular flexibility index (Phi) is 9.20. The van der Waals surface area contributed by atoms with Crippen LogP contribution in [-0.4, -0.2) is 52.8 Å². The standard InChI is InChI=1S/C17H26N6OS.HI/c1-17(2,25-5)11-20-16(18-3)19-10-14-21-15(23-22-14)12-6-8-13(24-4)9-7-12;/h6-9H,10-11H2,1-5H3,(H2,18,19,20)(H,21,22,23);1H. The van der Waals surface area contributed by atoms with E-state index in [9.17, 15) is 0 Å². The van der Waals surface area contributed by atoms with E-state index in [1.807, 2.05) is 36.0 Å². The molecule has 0 fully saturated rings. The Morgan fingerprint density at radius 2 is 1.96 bits per heavy atom. The second kappa shape index (κ2) is 10.6. The molecule has 0 spiro atoms. The number of thioether (sulfide) groups is 1. The highest BCUT2D eigenvalue weighted by Gasteiger charge is 2.16. The van der Waals surface area contributed by atoms with Gasteiger partial charge in [0.15, 0.2) is 11.8 Å². The molecule has 0 saturated heterocycles. The van der Waals surface area contributed by atoms with Crippen molar-refractivity contribution in [2.75, 3.05) is 27.0 Å². The lowest BCUT2D eigenvalue weighted by molar-refractivity contribution is 0.415. The van der Waals surface area contributed by atoms with Gasteiger partial charge in [0.1, 0.15) is 11.6 Å². The van der Waals surface area contributed by atoms with E-state index < -0.39 is 0 Å². The lowest BCUT2D eigenvalue weighted by Crippen LogP contribution is -2.43. The zero-order valence-corrected chi connectivity index (χ0v) is 18.9.